The van der Waals surface area contributed by atoms with Gasteiger partial charge >= 0.3 is 0 Å². The van der Waals surface area contributed by atoms with Crippen molar-refractivity contribution >= 4 is 0 Å². The van der Waals surface area contributed by atoms with E-state index in [0.29, 0.717) is 17.4 Å². The molecule has 0 fully saturated rings. The molecule has 1 aromatic rings. The van der Waals surface area contributed by atoms with Crippen LogP contribution in [0.3, 0.4) is 0 Å². The van der Waals surface area contributed by atoms with Crippen molar-refractivity contribution < 1.29 is 0 Å². The van der Waals surface area contributed by atoms with Crippen LogP contribution in [0.15, 0.2) is 30.3 Å². The first-order valence-electron chi connectivity index (χ1n) is 8.24. The minimum atomic E-state index is 0.386. The van der Waals surface area contributed by atoms with Crippen LogP contribution in [0.1, 0.15) is 71.9 Å². The summed E-state index contributed by atoms with van der Waals surface area (Å²) in [6.07, 6.45) is 5.33. The van der Waals surface area contributed by atoms with Gasteiger partial charge in [0.25, 0.3) is 0 Å². The molecule has 0 amide bonds. The Balaban J connectivity index is 2.55. The molecular weight excluding hydrogens is 242 g/mol. The van der Waals surface area contributed by atoms with Gasteiger partial charge in [0.2, 0.25) is 0 Å². The Labute approximate surface area is 126 Å². The highest BCUT2D eigenvalue weighted by Gasteiger charge is 2.21. The van der Waals surface area contributed by atoms with Crippen molar-refractivity contribution in [2.75, 3.05) is 6.54 Å². The molecule has 114 valence electrons. The molecule has 1 N–H and O–H groups in total. The van der Waals surface area contributed by atoms with Gasteiger partial charge < -0.3 is 5.32 Å². The molecule has 1 nitrogen and oxygen atoms in total. The van der Waals surface area contributed by atoms with E-state index in [0.717, 1.165) is 6.54 Å². The highest BCUT2D eigenvalue weighted by Crippen LogP contribution is 2.26. The average molecular weight is 275 g/mol. The van der Waals surface area contributed by atoms with E-state index in [4.69, 9.17) is 0 Å². The second-order valence-electron chi connectivity index (χ2n) is 7.13. The van der Waals surface area contributed by atoms with Crippen LogP contribution in [0.5, 0.6) is 0 Å². The van der Waals surface area contributed by atoms with Gasteiger partial charge in [-0.1, -0.05) is 84.2 Å². The Kier molecular flexibility index (Phi) is 7.29. The Morgan fingerprint density at radius 2 is 1.70 bits per heavy atom. The lowest BCUT2D eigenvalue weighted by atomic mass is 9.85. The molecule has 1 aromatic carbocycles. The standard InChI is InChI=1S/C19H33N/c1-6-7-11-14-19(4,5)15-20-18(16(2)3)17-12-9-8-10-13-17/h8-10,12-13,16,18,20H,6-7,11,14-15H2,1-5H3. The summed E-state index contributed by atoms with van der Waals surface area (Å²) in [6, 6.07) is 11.3. The summed E-state index contributed by atoms with van der Waals surface area (Å²) in [7, 11) is 0. The van der Waals surface area contributed by atoms with Gasteiger partial charge in [-0.25, -0.2) is 0 Å². The van der Waals surface area contributed by atoms with Crippen LogP contribution < -0.4 is 5.32 Å². The Morgan fingerprint density at radius 1 is 1.05 bits per heavy atom. The number of hydrogen-bond donors (Lipinski definition) is 1. The minimum Gasteiger partial charge on any atom is -0.309 e. The van der Waals surface area contributed by atoms with E-state index in [1.807, 2.05) is 0 Å². The molecule has 0 aromatic heterocycles. The van der Waals surface area contributed by atoms with E-state index >= 15 is 0 Å². The third kappa shape index (κ3) is 6.09. The molecule has 0 heterocycles. The predicted molar refractivity (Wildman–Crippen MR) is 89.9 cm³/mol. The number of benzene rings is 1. The monoisotopic (exact) mass is 275 g/mol. The fourth-order valence-electron chi connectivity index (χ4n) is 2.73. The fraction of sp³-hybridized carbons (Fsp3) is 0.684. The average Bonchev–Trinajstić information content (AvgIpc) is 2.40. The number of hydrogen-bond acceptors (Lipinski definition) is 1. The maximum Gasteiger partial charge on any atom is 0.0343 e. The van der Waals surface area contributed by atoms with Crippen LogP contribution in [0.25, 0.3) is 0 Å². The lowest BCUT2D eigenvalue weighted by Crippen LogP contribution is -2.34. The van der Waals surface area contributed by atoms with Crippen molar-refractivity contribution in [3.63, 3.8) is 0 Å². The summed E-state index contributed by atoms with van der Waals surface area (Å²) >= 11 is 0. The summed E-state index contributed by atoms with van der Waals surface area (Å²) in [6.45, 7) is 12.7. The maximum atomic E-state index is 3.80. The molecule has 0 bridgehead atoms. The molecule has 1 rings (SSSR count). The molecule has 0 aliphatic heterocycles. The lowest BCUT2D eigenvalue weighted by molar-refractivity contribution is 0.270. The van der Waals surface area contributed by atoms with Gasteiger partial charge in [-0.2, -0.15) is 0 Å². The number of rotatable bonds is 9. The quantitative estimate of drug-likeness (QED) is 0.580. The molecule has 0 radical (unpaired) electrons. The van der Waals surface area contributed by atoms with Gasteiger partial charge in [0, 0.05) is 12.6 Å². The highest BCUT2D eigenvalue weighted by molar-refractivity contribution is 5.19. The Morgan fingerprint density at radius 3 is 2.25 bits per heavy atom. The third-order valence-corrected chi connectivity index (χ3v) is 4.08. The summed E-state index contributed by atoms with van der Waals surface area (Å²) in [5.74, 6) is 0.615. The summed E-state index contributed by atoms with van der Waals surface area (Å²) in [5.41, 5.74) is 1.80. The van der Waals surface area contributed by atoms with Crippen LogP contribution in [0, 0.1) is 11.3 Å². The Hall–Kier alpha value is -0.820. The molecule has 0 aliphatic rings. The van der Waals surface area contributed by atoms with Crippen LogP contribution in [-0.2, 0) is 0 Å². The summed E-state index contributed by atoms with van der Waals surface area (Å²) in [5, 5.41) is 3.80. The van der Waals surface area contributed by atoms with Crippen molar-refractivity contribution in [2.45, 2.75) is 66.3 Å². The highest BCUT2D eigenvalue weighted by atomic mass is 14.9. The second-order valence-corrected chi connectivity index (χ2v) is 7.13. The first-order valence-corrected chi connectivity index (χ1v) is 8.24. The Bertz CT molecular complexity index is 353. The maximum absolute atomic E-state index is 3.80. The van der Waals surface area contributed by atoms with Crippen LogP contribution in [-0.4, -0.2) is 6.54 Å². The minimum absolute atomic E-state index is 0.386. The molecule has 1 unspecified atom stereocenters. The third-order valence-electron chi connectivity index (χ3n) is 4.08. The first kappa shape index (κ1) is 17.2. The smallest absolute Gasteiger partial charge is 0.0343 e. The molecule has 0 saturated carbocycles. The zero-order chi connectivity index (χ0) is 15.0. The van der Waals surface area contributed by atoms with Crippen molar-refractivity contribution in [3.8, 4) is 0 Å². The van der Waals surface area contributed by atoms with E-state index in [9.17, 15) is 0 Å². The SMILES string of the molecule is CCCCCC(C)(C)CNC(c1ccccc1)C(C)C. The van der Waals surface area contributed by atoms with Gasteiger partial charge in [0.05, 0.1) is 0 Å². The zero-order valence-corrected chi connectivity index (χ0v) is 14.1. The van der Waals surface area contributed by atoms with Crippen LogP contribution >= 0.6 is 0 Å². The van der Waals surface area contributed by atoms with E-state index in [2.05, 4.69) is 70.3 Å². The zero-order valence-electron chi connectivity index (χ0n) is 14.1. The van der Waals surface area contributed by atoms with Crippen molar-refractivity contribution in [3.05, 3.63) is 35.9 Å². The molecule has 1 atom stereocenters. The largest absolute Gasteiger partial charge is 0.309 e. The molecule has 20 heavy (non-hydrogen) atoms. The first-order chi connectivity index (χ1) is 9.46. The van der Waals surface area contributed by atoms with Crippen LogP contribution in [0.4, 0.5) is 0 Å². The van der Waals surface area contributed by atoms with Crippen molar-refractivity contribution in [1.29, 1.82) is 0 Å². The van der Waals surface area contributed by atoms with E-state index in [-0.39, 0.29) is 0 Å². The van der Waals surface area contributed by atoms with Gasteiger partial charge in [-0.3, -0.25) is 0 Å². The summed E-state index contributed by atoms with van der Waals surface area (Å²) in [4.78, 5) is 0. The van der Waals surface area contributed by atoms with E-state index in [1.54, 1.807) is 0 Å². The van der Waals surface area contributed by atoms with Crippen molar-refractivity contribution in [2.24, 2.45) is 11.3 Å². The second kappa shape index (κ2) is 8.46. The molecule has 0 spiro atoms. The van der Waals surface area contributed by atoms with E-state index in [1.165, 1.54) is 31.2 Å². The summed E-state index contributed by atoms with van der Waals surface area (Å²) < 4.78 is 0. The molecule has 0 saturated heterocycles. The molecule has 1 heteroatoms. The predicted octanol–water partition coefficient (Wildman–Crippen LogP) is 5.58. The van der Waals surface area contributed by atoms with Gasteiger partial charge in [-0.15, -0.1) is 0 Å². The topological polar surface area (TPSA) is 12.0 Å². The van der Waals surface area contributed by atoms with Gasteiger partial charge in [0.1, 0.15) is 0 Å². The normalized spacial score (nSPS) is 13.7. The fourth-order valence-corrected chi connectivity index (χ4v) is 2.73. The number of unbranched alkanes of at least 4 members (excludes halogenated alkanes) is 2. The van der Waals surface area contributed by atoms with Crippen molar-refractivity contribution in [1.82, 2.24) is 5.32 Å². The van der Waals surface area contributed by atoms with E-state index < -0.39 is 0 Å². The van der Waals surface area contributed by atoms with Gasteiger partial charge in [0.15, 0.2) is 0 Å². The lowest BCUT2D eigenvalue weighted by Gasteiger charge is -2.30. The molecular formula is C19H33N. The number of nitrogens with one attached hydrogen (secondary N) is 1. The van der Waals surface area contributed by atoms with Gasteiger partial charge in [-0.05, 0) is 23.3 Å². The molecule has 0 aliphatic carbocycles. The van der Waals surface area contributed by atoms with Crippen LogP contribution in [0.2, 0.25) is 0 Å².